The number of carbonyl (C=O) groups excluding carboxylic acids is 1. The van der Waals surface area contributed by atoms with Gasteiger partial charge in [-0.05, 0) is 29.3 Å². The summed E-state index contributed by atoms with van der Waals surface area (Å²) in [6.07, 6.45) is 3.19. The highest BCUT2D eigenvalue weighted by Gasteiger charge is 2.05. The Bertz CT molecular complexity index is 791. The molecule has 126 valence electrons. The van der Waals surface area contributed by atoms with E-state index in [1.807, 2.05) is 30.3 Å². The lowest BCUT2D eigenvalue weighted by molar-refractivity contribution is 0.0962. The molecule has 0 saturated heterocycles. The second-order valence-electron chi connectivity index (χ2n) is 5.44. The molecule has 3 N–H and O–H groups in total. The Kier molecular flexibility index (Phi) is 5.68. The maximum absolute atomic E-state index is 12.1. The van der Waals surface area contributed by atoms with E-state index in [-0.39, 0.29) is 5.91 Å². The molecule has 2 aromatic carbocycles. The molecule has 0 aliphatic rings. The minimum absolute atomic E-state index is 0.240. The highest BCUT2D eigenvalue weighted by atomic mass is 16.2. The number of aromatic nitrogens is 2. The number of hydrogen-bond acceptors (Lipinski definition) is 5. The van der Waals surface area contributed by atoms with Gasteiger partial charge in [0.25, 0.3) is 5.91 Å². The summed E-state index contributed by atoms with van der Waals surface area (Å²) in [4.78, 5) is 20.0. The van der Waals surface area contributed by atoms with Gasteiger partial charge < -0.3 is 5.32 Å². The molecule has 0 atom stereocenters. The Morgan fingerprint density at radius 1 is 0.800 bits per heavy atom. The minimum atomic E-state index is -0.240. The third kappa shape index (κ3) is 5.12. The molecule has 0 aliphatic heterocycles. The fourth-order valence-electron chi connectivity index (χ4n) is 2.27. The van der Waals surface area contributed by atoms with Crippen molar-refractivity contribution in [1.29, 1.82) is 0 Å². The van der Waals surface area contributed by atoms with Gasteiger partial charge in [0.05, 0.1) is 0 Å². The fourth-order valence-corrected chi connectivity index (χ4v) is 2.27. The van der Waals surface area contributed by atoms with Gasteiger partial charge in [0.15, 0.2) is 0 Å². The number of nitrogens with zero attached hydrogens (tertiary/aromatic N) is 2. The van der Waals surface area contributed by atoms with E-state index in [1.165, 1.54) is 5.56 Å². The molecule has 0 fully saturated rings. The monoisotopic (exact) mass is 333 g/mol. The van der Waals surface area contributed by atoms with Gasteiger partial charge in [-0.1, -0.05) is 42.5 Å². The predicted octanol–water partition coefficient (Wildman–Crippen LogP) is 2.52. The molecule has 6 nitrogen and oxygen atoms in total. The van der Waals surface area contributed by atoms with E-state index in [1.54, 1.807) is 30.6 Å². The zero-order valence-corrected chi connectivity index (χ0v) is 13.6. The van der Waals surface area contributed by atoms with Gasteiger partial charge in [-0.2, -0.15) is 0 Å². The maximum atomic E-state index is 12.1. The van der Waals surface area contributed by atoms with Gasteiger partial charge in [0.2, 0.25) is 5.95 Å². The largest absolute Gasteiger partial charge is 0.309 e. The van der Waals surface area contributed by atoms with Crippen LogP contribution in [-0.4, -0.2) is 15.9 Å². The summed E-state index contributed by atoms with van der Waals surface area (Å²) >= 11 is 0. The molecule has 0 saturated carbocycles. The predicted molar refractivity (Wildman–Crippen MR) is 96.5 cm³/mol. The Hall–Kier alpha value is -3.25. The second kappa shape index (κ2) is 8.56. The first-order chi connectivity index (χ1) is 12.3. The van der Waals surface area contributed by atoms with Crippen LogP contribution in [-0.2, 0) is 13.1 Å². The van der Waals surface area contributed by atoms with Crippen molar-refractivity contribution in [2.75, 3.05) is 5.43 Å². The summed E-state index contributed by atoms with van der Waals surface area (Å²) in [5.74, 6) is 0.105. The average Bonchev–Trinajstić information content (AvgIpc) is 2.68. The quantitative estimate of drug-likeness (QED) is 0.579. The van der Waals surface area contributed by atoms with Crippen molar-refractivity contribution in [3.8, 4) is 0 Å². The number of amides is 1. The summed E-state index contributed by atoms with van der Waals surface area (Å²) in [6.45, 7) is 1.55. The topological polar surface area (TPSA) is 78.9 Å². The van der Waals surface area contributed by atoms with Crippen molar-refractivity contribution >= 4 is 11.9 Å². The van der Waals surface area contributed by atoms with Crippen LogP contribution in [0.5, 0.6) is 0 Å². The van der Waals surface area contributed by atoms with Gasteiger partial charge in [0, 0.05) is 31.0 Å². The number of rotatable bonds is 7. The van der Waals surface area contributed by atoms with Gasteiger partial charge in [-0.15, -0.1) is 0 Å². The van der Waals surface area contributed by atoms with Crippen molar-refractivity contribution < 1.29 is 4.79 Å². The molecule has 0 unspecified atom stereocenters. The minimum Gasteiger partial charge on any atom is -0.309 e. The molecule has 1 aromatic heterocycles. The number of anilines is 1. The summed E-state index contributed by atoms with van der Waals surface area (Å²) < 4.78 is 0. The first kappa shape index (κ1) is 16.6. The van der Waals surface area contributed by atoms with Crippen LogP contribution in [0.1, 0.15) is 21.5 Å². The Morgan fingerprint density at radius 2 is 1.44 bits per heavy atom. The molecule has 25 heavy (non-hydrogen) atoms. The van der Waals surface area contributed by atoms with Crippen molar-refractivity contribution in [2.24, 2.45) is 0 Å². The molecule has 0 spiro atoms. The van der Waals surface area contributed by atoms with Crippen LogP contribution >= 0.6 is 0 Å². The smallest absolute Gasteiger partial charge is 0.269 e. The lowest BCUT2D eigenvalue weighted by Crippen LogP contribution is -2.30. The van der Waals surface area contributed by atoms with E-state index in [0.29, 0.717) is 11.5 Å². The Morgan fingerprint density at radius 3 is 2.12 bits per heavy atom. The molecule has 1 heterocycles. The normalized spacial score (nSPS) is 10.2. The summed E-state index contributed by atoms with van der Waals surface area (Å²) in [5.41, 5.74) is 8.17. The van der Waals surface area contributed by atoms with Gasteiger partial charge in [-0.25, -0.2) is 9.97 Å². The molecule has 3 aromatic rings. The molecule has 6 heteroatoms. The fraction of sp³-hybridized carbons (Fsp3) is 0.105. The van der Waals surface area contributed by atoms with Crippen LogP contribution in [0.25, 0.3) is 0 Å². The standard InChI is InChI=1S/C19H19N5O/c25-18(23-24-19-21-11-4-12-22-19)17-9-7-16(8-10-17)14-20-13-15-5-2-1-3-6-15/h1-12,20H,13-14H2,(H,23,25)(H,21,22,24). The van der Waals surface area contributed by atoms with Crippen molar-refractivity contribution in [3.63, 3.8) is 0 Å². The van der Waals surface area contributed by atoms with E-state index >= 15 is 0 Å². The first-order valence-electron chi connectivity index (χ1n) is 7.98. The van der Waals surface area contributed by atoms with Crippen LogP contribution in [0.15, 0.2) is 73.1 Å². The van der Waals surface area contributed by atoms with Crippen LogP contribution in [0, 0.1) is 0 Å². The zero-order chi connectivity index (χ0) is 17.3. The van der Waals surface area contributed by atoms with E-state index in [0.717, 1.165) is 18.7 Å². The van der Waals surface area contributed by atoms with E-state index in [9.17, 15) is 4.79 Å². The molecule has 0 bridgehead atoms. The third-order valence-electron chi connectivity index (χ3n) is 3.57. The molecule has 0 radical (unpaired) electrons. The van der Waals surface area contributed by atoms with Crippen molar-refractivity contribution in [3.05, 3.63) is 89.7 Å². The van der Waals surface area contributed by atoms with Crippen LogP contribution < -0.4 is 16.2 Å². The summed E-state index contributed by atoms with van der Waals surface area (Å²) in [5, 5.41) is 3.38. The van der Waals surface area contributed by atoms with Crippen LogP contribution in [0.3, 0.4) is 0 Å². The molecular weight excluding hydrogens is 314 g/mol. The maximum Gasteiger partial charge on any atom is 0.269 e. The molecule has 0 aliphatic carbocycles. The van der Waals surface area contributed by atoms with Crippen molar-refractivity contribution in [1.82, 2.24) is 20.7 Å². The summed E-state index contributed by atoms with van der Waals surface area (Å²) in [7, 11) is 0. The molecule has 1 amide bonds. The Balaban J connectivity index is 1.47. The van der Waals surface area contributed by atoms with Gasteiger partial charge >= 0.3 is 0 Å². The van der Waals surface area contributed by atoms with Crippen molar-refractivity contribution in [2.45, 2.75) is 13.1 Å². The highest BCUT2D eigenvalue weighted by molar-refractivity contribution is 5.94. The zero-order valence-electron chi connectivity index (χ0n) is 13.6. The van der Waals surface area contributed by atoms with E-state index in [4.69, 9.17) is 0 Å². The Labute approximate surface area is 146 Å². The van der Waals surface area contributed by atoms with Crippen LogP contribution in [0.2, 0.25) is 0 Å². The number of hydrogen-bond donors (Lipinski definition) is 3. The van der Waals surface area contributed by atoms with Crippen LogP contribution in [0.4, 0.5) is 5.95 Å². The molecule has 3 rings (SSSR count). The third-order valence-corrected chi connectivity index (χ3v) is 3.57. The lowest BCUT2D eigenvalue weighted by Gasteiger charge is -2.08. The van der Waals surface area contributed by atoms with Gasteiger partial charge in [-0.3, -0.25) is 15.6 Å². The number of benzene rings is 2. The first-order valence-corrected chi connectivity index (χ1v) is 7.98. The van der Waals surface area contributed by atoms with Gasteiger partial charge in [0.1, 0.15) is 0 Å². The lowest BCUT2D eigenvalue weighted by atomic mass is 10.1. The second-order valence-corrected chi connectivity index (χ2v) is 5.44. The number of carbonyl (C=O) groups is 1. The van der Waals surface area contributed by atoms with E-state index < -0.39 is 0 Å². The highest BCUT2D eigenvalue weighted by Crippen LogP contribution is 2.05. The number of nitrogens with one attached hydrogen (secondary N) is 3. The summed E-state index contributed by atoms with van der Waals surface area (Å²) in [6, 6.07) is 19.4. The SMILES string of the molecule is O=C(NNc1ncccn1)c1ccc(CNCc2ccccc2)cc1. The molecular formula is C19H19N5O. The van der Waals surface area contributed by atoms with E-state index in [2.05, 4.69) is 38.3 Å². The average molecular weight is 333 g/mol. The number of hydrazine groups is 1.